The molecule has 1 saturated carbocycles. The number of unbranched alkanes of at least 4 members (excludes halogenated alkanes) is 2. The van der Waals surface area contributed by atoms with Gasteiger partial charge in [0.15, 0.2) is 0 Å². The molecule has 0 amide bonds. The lowest BCUT2D eigenvalue weighted by atomic mass is 10.2. The summed E-state index contributed by atoms with van der Waals surface area (Å²) in [6.07, 6.45) is 8.71. The summed E-state index contributed by atoms with van der Waals surface area (Å²) in [6, 6.07) is 0.803. The highest BCUT2D eigenvalue weighted by atomic mass is 32.1. The van der Waals surface area contributed by atoms with Gasteiger partial charge in [-0.2, -0.15) is 0 Å². The van der Waals surface area contributed by atoms with Crippen molar-refractivity contribution >= 4 is 11.3 Å². The Labute approximate surface area is 102 Å². The van der Waals surface area contributed by atoms with Crippen molar-refractivity contribution < 1.29 is 0 Å². The van der Waals surface area contributed by atoms with E-state index in [0.717, 1.165) is 25.4 Å². The van der Waals surface area contributed by atoms with Crippen LogP contribution in [0, 0.1) is 0 Å². The zero-order valence-electron chi connectivity index (χ0n) is 10.0. The lowest BCUT2D eigenvalue weighted by Crippen LogP contribution is -2.19. The third kappa shape index (κ3) is 4.18. The van der Waals surface area contributed by atoms with Crippen molar-refractivity contribution in [3.8, 4) is 0 Å². The van der Waals surface area contributed by atoms with Crippen molar-refractivity contribution in [2.75, 3.05) is 6.54 Å². The first-order valence-corrected chi connectivity index (χ1v) is 7.24. The minimum atomic E-state index is 0.803. The van der Waals surface area contributed by atoms with Crippen LogP contribution in [0.1, 0.15) is 49.0 Å². The molecule has 1 N–H and O–H groups in total. The number of hydrogen-bond donors (Lipinski definition) is 1. The molecule has 1 aromatic rings. The molecule has 1 aromatic heterocycles. The third-order valence-corrected chi connectivity index (χ3v) is 3.89. The van der Waals surface area contributed by atoms with E-state index in [2.05, 4.69) is 22.4 Å². The molecule has 90 valence electrons. The van der Waals surface area contributed by atoms with Crippen molar-refractivity contribution in [3.05, 3.63) is 10.0 Å². The highest BCUT2D eigenvalue weighted by Gasteiger charge is 2.19. The van der Waals surface area contributed by atoms with Crippen LogP contribution in [0.15, 0.2) is 0 Å². The van der Waals surface area contributed by atoms with Crippen LogP contribution in [-0.2, 0) is 12.8 Å². The fraction of sp³-hybridized carbons (Fsp3) is 0.833. The minimum absolute atomic E-state index is 0.803. The molecule has 3 nitrogen and oxygen atoms in total. The normalized spacial score (nSPS) is 15.6. The molecule has 16 heavy (non-hydrogen) atoms. The Bertz CT molecular complexity index is 307. The SMILES string of the molecule is CCCCCc1nnc(CCNC2CC2)s1. The summed E-state index contributed by atoms with van der Waals surface area (Å²) in [5, 5.41) is 14.4. The highest BCUT2D eigenvalue weighted by Crippen LogP contribution is 2.19. The Morgan fingerprint density at radius 1 is 1.19 bits per heavy atom. The largest absolute Gasteiger partial charge is 0.314 e. The van der Waals surface area contributed by atoms with Gasteiger partial charge in [0.05, 0.1) is 0 Å². The maximum Gasteiger partial charge on any atom is 0.118 e. The summed E-state index contributed by atoms with van der Waals surface area (Å²) in [6.45, 7) is 3.29. The van der Waals surface area contributed by atoms with E-state index >= 15 is 0 Å². The maximum atomic E-state index is 4.24. The Kier molecular flexibility index (Phi) is 4.72. The maximum absolute atomic E-state index is 4.24. The molecule has 0 atom stereocenters. The van der Waals surface area contributed by atoms with Crippen LogP contribution in [0.4, 0.5) is 0 Å². The van der Waals surface area contributed by atoms with Crippen molar-refractivity contribution in [1.82, 2.24) is 15.5 Å². The summed E-state index contributed by atoms with van der Waals surface area (Å²) < 4.78 is 0. The second-order valence-electron chi connectivity index (χ2n) is 4.53. The van der Waals surface area contributed by atoms with Gasteiger partial charge in [-0.3, -0.25) is 0 Å². The molecule has 0 aliphatic heterocycles. The average molecular weight is 239 g/mol. The molecular formula is C12H21N3S. The lowest BCUT2D eigenvalue weighted by molar-refractivity contribution is 0.676. The van der Waals surface area contributed by atoms with Crippen LogP contribution in [0.25, 0.3) is 0 Å². The predicted molar refractivity (Wildman–Crippen MR) is 67.9 cm³/mol. The molecular weight excluding hydrogens is 218 g/mol. The van der Waals surface area contributed by atoms with E-state index in [1.807, 2.05) is 0 Å². The number of hydrogen-bond acceptors (Lipinski definition) is 4. The fourth-order valence-electron chi connectivity index (χ4n) is 1.69. The molecule has 0 spiro atoms. The zero-order valence-corrected chi connectivity index (χ0v) is 10.9. The van der Waals surface area contributed by atoms with E-state index in [9.17, 15) is 0 Å². The van der Waals surface area contributed by atoms with Gasteiger partial charge in [0, 0.05) is 25.4 Å². The van der Waals surface area contributed by atoms with Gasteiger partial charge in [-0.15, -0.1) is 21.5 Å². The van der Waals surface area contributed by atoms with Crippen LogP contribution in [0.5, 0.6) is 0 Å². The Morgan fingerprint density at radius 2 is 1.94 bits per heavy atom. The molecule has 0 aromatic carbocycles. The molecule has 0 unspecified atom stereocenters. The van der Waals surface area contributed by atoms with E-state index in [1.54, 1.807) is 11.3 Å². The van der Waals surface area contributed by atoms with Crippen molar-refractivity contribution in [1.29, 1.82) is 0 Å². The summed E-state index contributed by atoms with van der Waals surface area (Å²) in [5.74, 6) is 0. The lowest BCUT2D eigenvalue weighted by Gasteiger charge is -1.97. The molecule has 0 bridgehead atoms. The predicted octanol–water partition coefficient (Wildman–Crippen LogP) is 2.57. The van der Waals surface area contributed by atoms with Gasteiger partial charge in [0.2, 0.25) is 0 Å². The summed E-state index contributed by atoms with van der Waals surface area (Å²) in [5.41, 5.74) is 0. The Balaban J connectivity index is 1.64. The second kappa shape index (κ2) is 6.30. The quantitative estimate of drug-likeness (QED) is 0.709. The zero-order chi connectivity index (χ0) is 11.2. The van der Waals surface area contributed by atoms with E-state index in [0.29, 0.717) is 0 Å². The van der Waals surface area contributed by atoms with Crippen LogP contribution in [0.3, 0.4) is 0 Å². The molecule has 1 aliphatic carbocycles. The summed E-state index contributed by atoms with van der Waals surface area (Å²) in [4.78, 5) is 0. The van der Waals surface area contributed by atoms with Gasteiger partial charge in [0.1, 0.15) is 10.0 Å². The van der Waals surface area contributed by atoms with E-state index < -0.39 is 0 Å². The number of rotatable bonds is 8. The fourth-order valence-corrected chi connectivity index (χ4v) is 2.57. The molecule has 2 rings (SSSR count). The van der Waals surface area contributed by atoms with Crippen LogP contribution in [0.2, 0.25) is 0 Å². The molecule has 1 fully saturated rings. The topological polar surface area (TPSA) is 37.8 Å². The number of aryl methyl sites for hydroxylation is 1. The first-order valence-electron chi connectivity index (χ1n) is 6.43. The number of nitrogens with zero attached hydrogens (tertiary/aromatic N) is 2. The minimum Gasteiger partial charge on any atom is -0.314 e. The second-order valence-corrected chi connectivity index (χ2v) is 5.67. The molecule has 4 heteroatoms. The van der Waals surface area contributed by atoms with Gasteiger partial charge in [0.25, 0.3) is 0 Å². The van der Waals surface area contributed by atoms with Gasteiger partial charge >= 0.3 is 0 Å². The molecule has 0 radical (unpaired) electrons. The number of nitrogens with one attached hydrogen (secondary N) is 1. The van der Waals surface area contributed by atoms with Crippen molar-refractivity contribution in [2.45, 2.75) is 57.9 Å². The van der Waals surface area contributed by atoms with E-state index in [-0.39, 0.29) is 0 Å². The standard InChI is InChI=1S/C12H21N3S/c1-2-3-4-5-11-14-15-12(16-11)8-9-13-10-6-7-10/h10,13H,2-9H2,1H3. The van der Waals surface area contributed by atoms with Gasteiger partial charge in [-0.25, -0.2) is 0 Å². The van der Waals surface area contributed by atoms with Crippen LogP contribution in [-0.4, -0.2) is 22.8 Å². The van der Waals surface area contributed by atoms with Crippen molar-refractivity contribution in [3.63, 3.8) is 0 Å². The monoisotopic (exact) mass is 239 g/mol. The highest BCUT2D eigenvalue weighted by molar-refractivity contribution is 7.11. The smallest absolute Gasteiger partial charge is 0.118 e. The molecule has 0 saturated heterocycles. The average Bonchev–Trinajstić information content (AvgIpc) is 2.99. The molecule has 1 aliphatic rings. The summed E-state index contributed by atoms with van der Waals surface area (Å²) in [7, 11) is 0. The number of aromatic nitrogens is 2. The Morgan fingerprint density at radius 3 is 2.62 bits per heavy atom. The first-order chi connectivity index (χ1) is 7.88. The third-order valence-electron chi connectivity index (χ3n) is 2.85. The van der Waals surface area contributed by atoms with Crippen LogP contribution < -0.4 is 5.32 Å². The summed E-state index contributed by atoms with van der Waals surface area (Å²) >= 11 is 1.79. The van der Waals surface area contributed by atoms with Gasteiger partial charge < -0.3 is 5.32 Å². The van der Waals surface area contributed by atoms with E-state index in [1.165, 1.54) is 42.1 Å². The van der Waals surface area contributed by atoms with Gasteiger partial charge in [-0.05, 0) is 19.3 Å². The Hall–Kier alpha value is -0.480. The van der Waals surface area contributed by atoms with E-state index in [4.69, 9.17) is 0 Å². The van der Waals surface area contributed by atoms with Gasteiger partial charge in [-0.1, -0.05) is 19.8 Å². The van der Waals surface area contributed by atoms with Crippen molar-refractivity contribution in [2.24, 2.45) is 0 Å². The molecule has 1 heterocycles. The first kappa shape index (κ1) is 12.0. The van der Waals surface area contributed by atoms with Crippen LogP contribution >= 0.6 is 11.3 Å².